The minimum Gasteiger partial charge on any atom is -0.493 e. The molecule has 2 aromatic carbocycles. The van der Waals surface area contributed by atoms with Crippen molar-refractivity contribution >= 4 is 21.6 Å². The third-order valence-electron chi connectivity index (χ3n) is 4.37. The number of aromatic amines is 1. The Morgan fingerprint density at radius 2 is 1.83 bits per heavy atom. The smallest absolute Gasteiger partial charge is 0.280 e. The summed E-state index contributed by atoms with van der Waals surface area (Å²) in [5.41, 5.74) is 2.07. The van der Waals surface area contributed by atoms with E-state index in [1.54, 1.807) is 14.2 Å². The van der Waals surface area contributed by atoms with Crippen LogP contribution < -0.4 is 25.1 Å². The van der Waals surface area contributed by atoms with Gasteiger partial charge in [0.05, 0.1) is 14.2 Å². The van der Waals surface area contributed by atoms with Crippen molar-refractivity contribution in [3.8, 4) is 17.4 Å². The first-order valence-corrected chi connectivity index (χ1v) is 9.77. The summed E-state index contributed by atoms with van der Waals surface area (Å²) >= 11 is 3.33. The number of aromatic nitrogens is 2. The van der Waals surface area contributed by atoms with Crippen LogP contribution in [0.15, 0.2) is 57.8 Å². The lowest BCUT2D eigenvalue weighted by Crippen LogP contribution is -2.16. The van der Waals surface area contributed by atoms with Crippen molar-refractivity contribution < 1.29 is 14.2 Å². The standard InChI is InChI=1S/C21H22BrN3O4/c1-13(15-7-5-4-6-8-15)29-21-19(18(22)20(26)24-25-21)23-12-14-9-10-16(27-2)17(11-14)28-3/h4-11,13H,12H2,1-3H3,(H2,23,24,26). The number of ether oxygens (including phenoxy) is 3. The normalized spacial score (nSPS) is 11.6. The van der Waals surface area contributed by atoms with Crippen LogP contribution in [0.25, 0.3) is 0 Å². The topological polar surface area (TPSA) is 85.5 Å². The predicted octanol–water partition coefficient (Wildman–Crippen LogP) is 4.30. The van der Waals surface area contributed by atoms with Crippen LogP contribution >= 0.6 is 15.9 Å². The van der Waals surface area contributed by atoms with Crippen LogP contribution in [0.2, 0.25) is 0 Å². The van der Waals surface area contributed by atoms with E-state index in [9.17, 15) is 4.79 Å². The maximum Gasteiger partial charge on any atom is 0.280 e. The van der Waals surface area contributed by atoms with Gasteiger partial charge in [0.2, 0.25) is 0 Å². The molecule has 0 aliphatic heterocycles. The monoisotopic (exact) mass is 459 g/mol. The van der Waals surface area contributed by atoms with Gasteiger partial charge in [0.15, 0.2) is 11.5 Å². The highest BCUT2D eigenvalue weighted by atomic mass is 79.9. The molecular weight excluding hydrogens is 438 g/mol. The summed E-state index contributed by atoms with van der Waals surface area (Å²) in [5.74, 6) is 1.58. The number of hydrogen-bond acceptors (Lipinski definition) is 6. The molecule has 0 amide bonds. The number of methoxy groups -OCH3 is 2. The van der Waals surface area contributed by atoms with Crippen molar-refractivity contribution in [1.29, 1.82) is 0 Å². The summed E-state index contributed by atoms with van der Waals surface area (Å²) in [4.78, 5) is 12.0. The maximum atomic E-state index is 12.0. The summed E-state index contributed by atoms with van der Waals surface area (Å²) in [5, 5.41) is 9.76. The third-order valence-corrected chi connectivity index (χ3v) is 5.12. The van der Waals surface area contributed by atoms with E-state index < -0.39 is 0 Å². The molecule has 0 aliphatic rings. The fraction of sp³-hybridized carbons (Fsp3) is 0.238. The zero-order valence-electron chi connectivity index (χ0n) is 16.4. The summed E-state index contributed by atoms with van der Waals surface area (Å²) < 4.78 is 16.9. The van der Waals surface area contributed by atoms with Crippen LogP contribution in [-0.4, -0.2) is 24.4 Å². The van der Waals surface area contributed by atoms with E-state index in [0.29, 0.717) is 34.1 Å². The van der Waals surface area contributed by atoms with E-state index >= 15 is 0 Å². The van der Waals surface area contributed by atoms with Crippen LogP contribution in [0.4, 0.5) is 5.69 Å². The van der Waals surface area contributed by atoms with E-state index in [-0.39, 0.29) is 11.7 Å². The van der Waals surface area contributed by atoms with Gasteiger partial charge in [0.1, 0.15) is 16.3 Å². The molecule has 1 heterocycles. The molecule has 2 N–H and O–H groups in total. The molecule has 152 valence electrons. The number of H-pyrrole nitrogens is 1. The maximum absolute atomic E-state index is 12.0. The Kier molecular flexibility index (Phi) is 6.77. The molecule has 0 aliphatic carbocycles. The molecule has 0 fully saturated rings. The largest absolute Gasteiger partial charge is 0.493 e. The summed E-state index contributed by atoms with van der Waals surface area (Å²) in [7, 11) is 3.18. The molecule has 0 spiro atoms. The summed E-state index contributed by atoms with van der Waals surface area (Å²) in [6, 6.07) is 15.4. The van der Waals surface area contributed by atoms with Gasteiger partial charge in [-0.1, -0.05) is 36.4 Å². The molecule has 1 unspecified atom stereocenters. The first kappa shape index (κ1) is 20.7. The summed E-state index contributed by atoms with van der Waals surface area (Å²) in [6.45, 7) is 2.36. The van der Waals surface area contributed by atoms with Gasteiger partial charge in [-0.25, -0.2) is 5.10 Å². The van der Waals surface area contributed by atoms with Gasteiger partial charge in [-0.2, -0.15) is 0 Å². The Morgan fingerprint density at radius 1 is 1.10 bits per heavy atom. The van der Waals surface area contributed by atoms with Crippen molar-refractivity contribution in [3.05, 3.63) is 74.5 Å². The highest BCUT2D eigenvalue weighted by Crippen LogP contribution is 2.32. The van der Waals surface area contributed by atoms with Crippen LogP contribution in [0.5, 0.6) is 17.4 Å². The number of nitrogens with zero attached hydrogens (tertiary/aromatic N) is 1. The van der Waals surface area contributed by atoms with Crippen LogP contribution in [0.1, 0.15) is 24.2 Å². The molecule has 1 atom stereocenters. The van der Waals surface area contributed by atoms with E-state index in [0.717, 1.165) is 11.1 Å². The molecule has 8 heteroatoms. The number of nitrogens with one attached hydrogen (secondary N) is 2. The SMILES string of the molecule is COc1ccc(CNc2c(OC(C)c3ccccc3)n[nH]c(=O)c2Br)cc1OC. The average Bonchev–Trinajstić information content (AvgIpc) is 2.76. The second-order valence-corrected chi connectivity index (χ2v) is 7.05. The Bertz CT molecular complexity index is 1020. The van der Waals surface area contributed by atoms with Crippen LogP contribution in [-0.2, 0) is 6.54 Å². The minimum atomic E-state index is -0.348. The Hall–Kier alpha value is -3.00. The molecule has 1 aromatic heterocycles. The van der Waals surface area contributed by atoms with Gasteiger partial charge in [-0.3, -0.25) is 4.79 Å². The molecular formula is C21H22BrN3O4. The van der Waals surface area contributed by atoms with Crippen molar-refractivity contribution in [2.45, 2.75) is 19.6 Å². The molecule has 29 heavy (non-hydrogen) atoms. The number of hydrogen-bond donors (Lipinski definition) is 2. The lowest BCUT2D eigenvalue weighted by molar-refractivity contribution is 0.216. The molecule has 0 saturated heterocycles. The third kappa shape index (κ3) is 4.89. The average molecular weight is 460 g/mol. The zero-order chi connectivity index (χ0) is 20.8. The van der Waals surface area contributed by atoms with Gasteiger partial charge in [0, 0.05) is 6.54 Å². The van der Waals surface area contributed by atoms with Gasteiger partial charge in [-0.15, -0.1) is 5.10 Å². The second kappa shape index (κ2) is 9.47. The van der Waals surface area contributed by atoms with Crippen LogP contribution in [0, 0.1) is 0 Å². The first-order chi connectivity index (χ1) is 14.0. The predicted molar refractivity (Wildman–Crippen MR) is 115 cm³/mol. The second-order valence-electron chi connectivity index (χ2n) is 6.26. The highest BCUT2D eigenvalue weighted by Gasteiger charge is 2.17. The lowest BCUT2D eigenvalue weighted by Gasteiger charge is -2.18. The Balaban J connectivity index is 1.83. The summed E-state index contributed by atoms with van der Waals surface area (Å²) in [6.07, 6.45) is -0.247. The van der Waals surface area contributed by atoms with Gasteiger partial charge in [-0.05, 0) is 46.1 Å². The van der Waals surface area contributed by atoms with Crippen molar-refractivity contribution in [2.75, 3.05) is 19.5 Å². The highest BCUT2D eigenvalue weighted by molar-refractivity contribution is 9.10. The van der Waals surface area contributed by atoms with Crippen molar-refractivity contribution in [3.63, 3.8) is 0 Å². The fourth-order valence-corrected chi connectivity index (χ4v) is 3.19. The number of anilines is 1. The molecule has 0 radical (unpaired) electrons. The molecule has 7 nitrogen and oxygen atoms in total. The number of rotatable bonds is 8. The molecule has 3 aromatic rings. The minimum absolute atomic E-state index is 0.247. The number of halogens is 1. The molecule has 0 saturated carbocycles. The lowest BCUT2D eigenvalue weighted by atomic mass is 10.1. The van der Waals surface area contributed by atoms with E-state index in [2.05, 4.69) is 31.4 Å². The quantitative estimate of drug-likeness (QED) is 0.522. The van der Waals surface area contributed by atoms with Gasteiger partial charge >= 0.3 is 0 Å². The van der Waals surface area contributed by atoms with Crippen LogP contribution in [0.3, 0.4) is 0 Å². The van der Waals surface area contributed by atoms with E-state index in [4.69, 9.17) is 14.2 Å². The van der Waals surface area contributed by atoms with Gasteiger partial charge in [0.25, 0.3) is 11.4 Å². The fourth-order valence-electron chi connectivity index (χ4n) is 2.79. The Morgan fingerprint density at radius 3 is 2.52 bits per heavy atom. The number of benzene rings is 2. The first-order valence-electron chi connectivity index (χ1n) is 8.98. The molecule has 3 rings (SSSR count). The van der Waals surface area contributed by atoms with Crippen molar-refractivity contribution in [2.24, 2.45) is 0 Å². The molecule has 0 bridgehead atoms. The van der Waals surface area contributed by atoms with Crippen molar-refractivity contribution in [1.82, 2.24) is 10.2 Å². The van der Waals surface area contributed by atoms with E-state index in [1.807, 2.05) is 55.5 Å². The Labute approximate surface area is 177 Å². The van der Waals surface area contributed by atoms with Gasteiger partial charge < -0.3 is 19.5 Å². The van der Waals surface area contributed by atoms with E-state index in [1.165, 1.54) is 0 Å². The zero-order valence-corrected chi connectivity index (χ0v) is 17.9.